The van der Waals surface area contributed by atoms with Gasteiger partial charge in [0.25, 0.3) is 5.91 Å². The molecule has 0 spiro atoms. The summed E-state index contributed by atoms with van der Waals surface area (Å²) >= 11 is 1.40. The molecule has 2 aliphatic rings. The minimum Gasteiger partial charge on any atom is -0.507 e. The standard InChI is InChI=1S/C23H24N2O2S/c1-16-9-5-7-13-19(16)25-22(27)21(15-17-10-6-8-14-20(17)26)28-23(25)24-18-11-3-2-4-12-18/h2-4,6,8,10-12,14-16,19,26H,5,7,9,13H2,1H3/b21-15-,24-23?/t16-,19-/m1/s1. The summed E-state index contributed by atoms with van der Waals surface area (Å²) in [4.78, 5) is 20.6. The topological polar surface area (TPSA) is 52.9 Å². The zero-order chi connectivity index (χ0) is 19.5. The van der Waals surface area contributed by atoms with Crippen molar-refractivity contribution in [2.45, 2.75) is 38.6 Å². The van der Waals surface area contributed by atoms with Crippen molar-refractivity contribution >= 4 is 34.6 Å². The Bertz CT molecular complexity index is 923. The summed E-state index contributed by atoms with van der Waals surface area (Å²) in [6.07, 6.45) is 6.27. The van der Waals surface area contributed by atoms with E-state index in [1.54, 1.807) is 18.2 Å². The number of carbonyl (C=O) groups is 1. The van der Waals surface area contributed by atoms with Crippen LogP contribution in [-0.2, 0) is 4.79 Å². The number of carbonyl (C=O) groups excluding carboxylic acids is 1. The molecule has 1 amide bonds. The molecule has 2 atom stereocenters. The lowest BCUT2D eigenvalue weighted by molar-refractivity contribution is -0.124. The molecular formula is C23H24N2O2S. The van der Waals surface area contributed by atoms with Crippen LogP contribution in [-0.4, -0.2) is 27.1 Å². The molecule has 2 aromatic carbocycles. The Hall–Kier alpha value is -2.53. The highest BCUT2D eigenvalue weighted by molar-refractivity contribution is 8.18. The summed E-state index contributed by atoms with van der Waals surface area (Å²) in [7, 11) is 0. The zero-order valence-corrected chi connectivity index (χ0v) is 16.7. The lowest BCUT2D eigenvalue weighted by atomic mass is 9.85. The Kier molecular flexibility index (Phi) is 5.53. The molecule has 1 heterocycles. The fourth-order valence-corrected chi connectivity index (χ4v) is 4.94. The van der Waals surface area contributed by atoms with Crippen molar-refractivity contribution < 1.29 is 9.90 Å². The Balaban J connectivity index is 1.73. The van der Waals surface area contributed by atoms with E-state index in [-0.39, 0.29) is 17.7 Å². The minimum absolute atomic E-state index is 0.0123. The highest BCUT2D eigenvalue weighted by Gasteiger charge is 2.41. The maximum atomic E-state index is 13.3. The van der Waals surface area contributed by atoms with Crippen molar-refractivity contribution in [3.8, 4) is 5.75 Å². The van der Waals surface area contributed by atoms with Gasteiger partial charge in [-0.1, -0.05) is 56.2 Å². The van der Waals surface area contributed by atoms with Gasteiger partial charge in [0, 0.05) is 11.6 Å². The first-order valence-electron chi connectivity index (χ1n) is 9.78. The zero-order valence-electron chi connectivity index (χ0n) is 15.9. The van der Waals surface area contributed by atoms with Crippen LogP contribution in [0.5, 0.6) is 5.75 Å². The molecule has 4 rings (SSSR count). The molecule has 0 radical (unpaired) electrons. The maximum absolute atomic E-state index is 13.3. The Morgan fingerprint density at radius 2 is 1.79 bits per heavy atom. The predicted octanol–water partition coefficient (Wildman–Crippen LogP) is 5.57. The second-order valence-electron chi connectivity index (χ2n) is 7.40. The van der Waals surface area contributed by atoms with E-state index in [0.29, 0.717) is 16.4 Å². The Morgan fingerprint density at radius 3 is 2.54 bits per heavy atom. The maximum Gasteiger partial charge on any atom is 0.267 e. The van der Waals surface area contributed by atoms with Crippen molar-refractivity contribution in [3.63, 3.8) is 0 Å². The van der Waals surface area contributed by atoms with Gasteiger partial charge in [-0.25, -0.2) is 4.99 Å². The average molecular weight is 393 g/mol. The van der Waals surface area contributed by atoms with Gasteiger partial charge in [0.2, 0.25) is 0 Å². The number of hydrogen-bond donors (Lipinski definition) is 1. The van der Waals surface area contributed by atoms with Crippen LogP contribution in [0.1, 0.15) is 38.2 Å². The molecule has 2 aromatic rings. The van der Waals surface area contributed by atoms with Crippen LogP contribution in [0.2, 0.25) is 0 Å². The van der Waals surface area contributed by atoms with Gasteiger partial charge in [-0.3, -0.25) is 9.69 Å². The van der Waals surface area contributed by atoms with Crippen molar-refractivity contribution in [1.82, 2.24) is 4.90 Å². The van der Waals surface area contributed by atoms with Gasteiger partial charge in [-0.15, -0.1) is 0 Å². The number of phenols is 1. The van der Waals surface area contributed by atoms with E-state index in [2.05, 4.69) is 6.92 Å². The molecule has 0 aromatic heterocycles. The van der Waals surface area contributed by atoms with Crippen LogP contribution in [0, 0.1) is 5.92 Å². The fourth-order valence-electron chi connectivity index (χ4n) is 3.90. The van der Waals surface area contributed by atoms with Crippen molar-refractivity contribution in [3.05, 3.63) is 65.1 Å². The second kappa shape index (κ2) is 8.23. The molecule has 4 nitrogen and oxygen atoms in total. The van der Waals surface area contributed by atoms with Gasteiger partial charge >= 0.3 is 0 Å². The third kappa shape index (κ3) is 3.85. The normalized spacial score (nSPS) is 25.6. The van der Waals surface area contributed by atoms with Crippen molar-refractivity contribution in [2.75, 3.05) is 0 Å². The van der Waals surface area contributed by atoms with E-state index < -0.39 is 0 Å². The van der Waals surface area contributed by atoms with Crippen LogP contribution in [0.25, 0.3) is 6.08 Å². The number of rotatable bonds is 3. The number of amidine groups is 1. The SMILES string of the molecule is C[C@@H]1CCCC[C@H]1N1C(=O)/C(=C/c2ccccc2O)SC1=Nc1ccccc1. The van der Waals surface area contributed by atoms with E-state index in [0.717, 1.165) is 30.1 Å². The third-order valence-electron chi connectivity index (χ3n) is 5.44. The molecule has 1 aliphatic carbocycles. The highest BCUT2D eigenvalue weighted by Crippen LogP contribution is 2.40. The molecule has 1 N–H and O–H groups in total. The smallest absolute Gasteiger partial charge is 0.267 e. The van der Waals surface area contributed by atoms with E-state index in [1.165, 1.54) is 18.2 Å². The summed E-state index contributed by atoms with van der Waals surface area (Å²) in [6, 6.07) is 17.0. The molecule has 0 bridgehead atoms. The molecule has 1 saturated carbocycles. The quantitative estimate of drug-likeness (QED) is 0.694. The van der Waals surface area contributed by atoms with Crippen LogP contribution in [0.15, 0.2) is 64.5 Å². The highest BCUT2D eigenvalue weighted by atomic mass is 32.2. The Morgan fingerprint density at radius 1 is 1.07 bits per heavy atom. The van der Waals surface area contributed by atoms with Crippen LogP contribution in [0.3, 0.4) is 0 Å². The predicted molar refractivity (Wildman–Crippen MR) is 115 cm³/mol. The van der Waals surface area contributed by atoms with Gasteiger partial charge in [0.05, 0.1) is 10.6 Å². The number of thioether (sulfide) groups is 1. The number of benzene rings is 2. The first kappa shape index (κ1) is 18.8. The van der Waals surface area contributed by atoms with E-state index >= 15 is 0 Å². The molecule has 1 saturated heterocycles. The number of aliphatic imine (C=N–C) groups is 1. The summed E-state index contributed by atoms with van der Waals surface area (Å²) in [6.45, 7) is 2.23. The number of amides is 1. The average Bonchev–Trinajstić information content (AvgIpc) is 3.00. The summed E-state index contributed by atoms with van der Waals surface area (Å²) in [5.41, 5.74) is 1.49. The number of phenolic OH excluding ortho intramolecular Hbond substituents is 1. The van der Waals surface area contributed by atoms with Crippen LogP contribution < -0.4 is 0 Å². The molecule has 144 valence electrons. The van der Waals surface area contributed by atoms with Gasteiger partial charge in [-0.05, 0) is 54.8 Å². The summed E-state index contributed by atoms with van der Waals surface area (Å²) in [5, 5.41) is 10.8. The van der Waals surface area contributed by atoms with Crippen molar-refractivity contribution in [1.29, 1.82) is 0 Å². The Labute approximate surface area is 170 Å². The molecule has 1 aliphatic heterocycles. The second-order valence-corrected chi connectivity index (χ2v) is 8.41. The van der Waals surface area contributed by atoms with Gasteiger partial charge in [0.1, 0.15) is 5.75 Å². The van der Waals surface area contributed by atoms with Crippen LogP contribution >= 0.6 is 11.8 Å². The molecule has 5 heteroatoms. The third-order valence-corrected chi connectivity index (χ3v) is 6.42. The number of nitrogens with zero attached hydrogens (tertiary/aromatic N) is 2. The molecule has 0 unspecified atom stereocenters. The number of aromatic hydroxyl groups is 1. The first-order valence-corrected chi connectivity index (χ1v) is 10.6. The molecule has 2 fully saturated rings. The monoisotopic (exact) mass is 392 g/mol. The largest absolute Gasteiger partial charge is 0.507 e. The van der Waals surface area contributed by atoms with E-state index in [9.17, 15) is 9.90 Å². The van der Waals surface area contributed by atoms with Crippen LogP contribution in [0.4, 0.5) is 5.69 Å². The minimum atomic E-state index is -0.0123. The van der Waals surface area contributed by atoms with Crippen molar-refractivity contribution in [2.24, 2.45) is 10.9 Å². The summed E-state index contributed by atoms with van der Waals surface area (Å²) < 4.78 is 0. The molecule has 28 heavy (non-hydrogen) atoms. The van der Waals surface area contributed by atoms with Gasteiger partial charge in [-0.2, -0.15) is 0 Å². The lowest BCUT2D eigenvalue weighted by Crippen LogP contribution is -2.44. The number of para-hydroxylation sites is 2. The van der Waals surface area contributed by atoms with E-state index in [4.69, 9.17) is 4.99 Å². The molecular weight excluding hydrogens is 368 g/mol. The van der Waals surface area contributed by atoms with Gasteiger partial charge in [0.15, 0.2) is 5.17 Å². The summed E-state index contributed by atoms with van der Waals surface area (Å²) in [5.74, 6) is 0.611. The van der Waals surface area contributed by atoms with Gasteiger partial charge < -0.3 is 5.11 Å². The van der Waals surface area contributed by atoms with E-state index in [1.807, 2.05) is 47.4 Å². The number of hydrogen-bond acceptors (Lipinski definition) is 4. The first-order chi connectivity index (χ1) is 13.6. The fraction of sp³-hybridized carbons (Fsp3) is 0.304. The lowest BCUT2D eigenvalue weighted by Gasteiger charge is -2.35.